The lowest BCUT2D eigenvalue weighted by Crippen LogP contribution is -2.05. The Bertz CT molecular complexity index is 842. The normalized spacial score (nSPS) is 11.0. The highest BCUT2D eigenvalue weighted by molar-refractivity contribution is 6.30. The highest BCUT2D eigenvalue weighted by Gasteiger charge is 2.13. The van der Waals surface area contributed by atoms with Crippen LogP contribution in [0.15, 0.2) is 36.5 Å². The minimum atomic E-state index is -0.982. The molecule has 0 aliphatic carbocycles. The number of fused-ring (bicyclic) bond motifs is 1. The number of carboxylic acid groups (broad SMARTS) is 1. The molecule has 0 radical (unpaired) electrons. The maximum Gasteiger partial charge on any atom is 0.337 e. The molecule has 3 rings (SSSR count). The lowest BCUT2D eigenvalue weighted by molar-refractivity contribution is 0.0696. The third kappa shape index (κ3) is 2.60. The van der Waals surface area contributed by atoms with E-state index in [9.17, 15) is 4.79 Å². The average Bonchev–Trinajstić information content (AvgIpc) is 2.80. The van der Waals surface area contributed by atoms with E-state index < -0.39 is 5.97 Å². The van der Waals surface area contributed by atoms with Gasteiger partial charge < -0.3 is 5.11 Å². The van der Waals surface area contributed by atoms with Crippen LogP contribution in [0.25, 0.3) is 11.0 Å². The minimum Gasteiger partial charge on any atom is -0.478 e. The van der Waals surface area contributed by atoms with Crippen molar-refractivity contribution in [3.8, 4) is 0 Å². The van der Waals surface area contributed by atoms with E-state index in [0.717, 1.165) is 5.56 Å². The topological polar surface area (TPSA) is 68.0 Å². The summed E-state index contributed by atoms with van der Waals surface area (Å²) < 4.78 is 1.74. The van der Waals surface area contributed by atoms with Gasteiger partial charge in [0.1, 0.15) is 0 Å². The summed E-state index contributed by atoms with van der Waals surface area (Å²) in [4.78, 5) is 15.5. The minimum absolute atomic E-state index is 0.199. The second kappa shape index (κ2) is 5.18. The third-order valence-electron chi connectivity index (χ3n) is 3.25. The van der Waals surface area contributed by atoms with Crippen LogP contribution >= 0.6 is 11.6 Å². The summed E-state index contributed by atoms with van der Waals surface area (Å²) in [6.45, 7) is 2.21. The lowest BCUT2D eigenvalue weighted by Gasteiger charge is -2.05. The van der Waals surface area contributed by atoms with Crippen molar-refractivity contribution in [3.63, 3.8) is 0 Å². The second-order valence-corrected chi connectivity index (χ2v) is 5.21. The molecule has 6 heteroatoms. The van der Waals surface area contributed by atoms with Gasteiger partial charge in [0.15, 0.2) is 5.65 Å². The number of aromatic carboxylic acids is 1. The van der Waals surface area contributed by atoms with E-state index in [4.69, 9.17) is 16.7 Å². The van der Waals surface area contributed by atoms with Crippen molar-refractivity contribution in [2.75, 3.05) is 0 Å². The Labute approximate surface area is 125 Å². The number of carboxylic acids is 1. The third-order valence-corrected chi connectivity index (χ3v) is 3.49. The summed E-state index contributed by atoms with van der Waals surface area (Å²) in [6, 6.07) is 9.12. The molecule has 1 N–H and O–H groups in total. The van der Waals surface area contributed by atoms with Crippen molar-refractivity contribution in [2.45, 2.75) is 13.5 Å². The molecular weight excluding hydrogens is 290 g/mol. The SMILES string of the molecule is Cc1nc2c(cnn2Cc2cccc(Cl)c2)cc1C(=O)O. The zero-order valence-electron chi connectivity index (χ0n) is 11.2. The van der Waals surface area contributed by atoms with E-state index >= 15 is 0 Å². The molecule has 106 valence electrons. The fourth-order valence-electron chi connectivity index (χ4n) is 2.24. The smallest absolute Gasteiger partial charge is 0.337 e. The Morgan fingerprint density at radius 3 is 2.90 bits per heavy atom. The van der Waals surface area contributed by atoms with Crippen LogP contribution in [0.5, 0.6) is 0 Å². The standard InChI is InChI=1S/C15H12ClN3O2/c1-9-13(15(20)21)6-11-7-17-19(14(11)18-9)8-10-3-2-4-12(16)5-10/h2-7H,8H2,1H3,(H,20,21). The lowest BCUT2D eigenvalue weighted by atomic mass is 10.2. The van der Waals surface area contributed by atoms with Crippen LogP contribution in [0, 0.1) is 6.92 Å². The van der Waals surface area contributed by atoms with Crippen LogP contribution in [0.4, 0.5) is 0 Å². The monoisotopic (exact) mass is 301 g/mol. The molecule has 3 aromatic rings. The van der Waals surface area contributed by atoms with Gasteiger partial charge in [-0.1, -0.05) is 23.7 Å². The molecule has 0 aliphatic rings. The number of aromatic nitrogens is 3. The Morgan fingerprint density at radius 1 is 1.38 bits per heavy atom. The van der Waals surface area contributed by atoms with E-state index in [0.29, 0.717) is 28.3 Å². The van der Waals surface area contributed by atoms with Gasteiger partial charge in [-0.15, -0.1) is 0 Å². The number of aryl methyl sites for hydroxylation is 1. The zero-order chi connectivity index (χ0) is 15.0. The Balaban J connectivity index is 2.04. The molecule has 0 saturated heterocycles. The van der Waals surface area contributed by atoms with Gasteiger partial charge in [-0.25, -0.2) is 14.5 Å². The Morgan fingerprint density at radius 2 is 2.19 bits per heavy atom. The molecule has 0 aliphatic heterocycles. The molecule has 0 bridgehead atoms. The molecule has 0 atom stereocenters. The summed E-state index contributed by atoms with van der Waals surface area (Å²) >= 11 is 5.97. The van der Waals surface area contributed by atoms with Crippen molar-refractivity contribution in [1.29, 1.82) is 0 Å². The second-order valence-electron chi connectivity index (χ2n) is 4.77. The van der Waals surface area contributed by atoms with Crippen molar-refractivity contribution in [2.24, 2.45) is 0 Å². The Kier molecular flexibility index (Phi) is 3.35. The molecular formula is C15H12ClN3O2. The van der Waals surface area contributed by atoms with Crippen molar-refractivity contribution in [1.82, 2.24) is 14.8 Å². The molecule has 0 amide bonds. The number of rotatable bonds is 3. The number of hydrogen-bond acceptors (Lipinski definition) is 3. The summed E-state index contributed by atoms with van der Waals surface area (Å²) in [6.07, 6.45) is 1.62. The van der Waals surface area contributed by atoms with E-state index in [1.54, 1.807) is 23.9 Å². The number of carbonyl (C=O) groups is 1. The maximum atomic E-state index is 11.1. The van der Waals surface area contributed by atoms with Crippen LogP contribution in [0.1, 0.15) is 21.6 Å². The first-order valence-electron chi connectivity index (χ1n) is 6.35. The van der Waals surface area contributed by atoms with E-state index in [-0.39, 0.29) is 5.56 Å². The number of nitrogens with zero attached hydrogens (tertiary/aromatic N) is 3. The highest BCUT2D eigenvalue weighted by atomic mass is 35.5. The van der Waals surface area contributed by atoms with E-state index in [1.165, 1.54) is 0 Å². The molecule has 0 spiro atoms. The van der Waals surface area contributed by atoms with Crippen molar-refractivity contribution >= 4 is 28.6 Å². The number of hydrogen-bond donors (Lipinski definition) is 1. The number of halogens is 1. The van der Waals surface area contributed by atoms with Gasteiger partial charge in [0.05, 0.1) is 24.0 Å². The van der Waals surface area contributed by atoms with Crippen LogP contribution < -0.4 is 0 Å². The molecule has 5 nitrogen and oxygen atoms in total. The fourth-order valence-corrected chi connectivity index (χ4v) is 2.45. The molecule has 2 aromatic heterocycles. The predicted octanol–water partition coefficient (Wildman–Crippen LogP) is 3.14. The first-order chi connectivity index (χ1) is 10.0. The summed E-state index contributed by atoms with van der Waals surface area (Å²) in [5.74, 6) is -0.982. The molecule has 0 saturated carbocycles. The number of pyridine rings is 1. The van der Waals surface area contributed by atoms with Crippen LogP contribution in [0.2, 0.25) is 5.02 Å². The van der Waals surface area contributed by atoms with Crippen molar-refractivity contribution < 1.29 is 9.90 Å². The molecule has 1 aromatic carbocycles. The molecule has 2 heterocycles. The summed E-state index contributed by atoms with van der Waals surface area (Å²) in [5, 5.41) is 14.8. The first kappa shape index (κ1) is 13.6. The van der Waals surface area contributed by atoms with E-state index in [1.807, 2.05) is 24.3 Å². The Hall–Kier alpha value is -2.40. The van der Waals surface area contributed by atoms with Gasteiger partial charge in [0.2, 0.25) is 0 Å². The fraction of sp³-hybridized carbons (Fsp3) is 0.133. The maximum absolute atomic E-state index is 11.1. The van der Waals surface area contributed by atoms with Gasteiger partial charge in [0, 0.05) is 10.4 Å². The van der Waals surface area contributed by atoms with Gasteiger partial charge in [-0.2, -0.15) is 5.10 Å². The molecule has 21 heavy (non-hydrogen) atoms. The van der Waals surface area contributed by atoms with Crippen LogP contribution in [0.3, 0.4) is 0 Å². The predicted molar refractivity (Wildman–Crippen MR) is 79.8 cm³/mol. The molecule has 0 fully saturated rings. The summed E-state index contributed by atoms with van der Waals surface area (Å²) in [7, 11) is 0. The number of benzene rings is 1. The quantitative estimate of drug-likeness (QED) is 0.807. The van der Waals surface area contributed by atoms with Gasteiger partial charge in [-0.05, 0) is 30.7 Å². The van der Waals surface area contributed by atoms with Gasteiger partial charge in [0.25, 0.3) is 0 Å². The zero-order valence-corrected chi connectivity index (χ0v) is 12.0. The molecule has 0 unspecified atom stereocenters. The van der Waals surface area contributed by atoms with Gasteiger partial charge >= 0.3 is 5.97 Å². The average molecular weight is 302 g/mol. The van der Waals surface area contributed by atoms with E-state index in [2.05, 4.69) is 10.1 Å². The van der Waals surface area contributed by atoms with Crippen molar-refractivity contribution in [3.05, 3.63) is 58.4 Å². The largest absolute Gasteiger partial charge is 0.478 e. The highest BCUT2D eigenvalue weighted by Crippen LogP contribution is 2.18. The summed E-state index contributed by atoms with van der Waals surface area (Å²) in [5.41, 5.74) is 2.35. The van der Waals surface area contributed by atoms with Crippen LogP contribution in [-0.2, 0) is 6.54 Å². The van der Waals surface area contributed by atoms with Gasteiger partial charge in [-0.3, -0.25) is 0 Å². The first-order valence-corrected chi connectivity index (χ1v) is 6.73. The van der Waals surface area contributed by atoms with Crippen LogP contribution in [-0.4, -0.2) is 25.8 Å².